The van der Waals surface area contributed by atoms with Crippen LogP contribution in [0.2, 0.25) is 10.0 Å². The third-order valence-corrected chi connectivity index (χ3v) is 4.57. The average Bonchev–Trinajstić information content (AvgIpc) is 2.68. The van der Waals surface area contributed by atoms with Crippen molar-refractivity contribution >= 4 is 41.1 Å². The van der Waals surface area contributed by atoms with Gasteiger partial charge in [-0.15, -0.1) is 5.10 Å². The van der Waals surface area contributed by atoms with Gasteiger partial charge in [-0.3, -0.25) is 9.30 Å². The Morgan fingerprint density at radius 3 is 3.00 bits per heavy atom. The van der Waals surface area contributed by atoms with Crippen molar-refractivity contribution in [3.8, 4) is 0 Å². The fourth-order valence-electron chi connectivity index (χ4n) is 2.74. The number of likely N-dealkylation sites (tertiary alicyclic amines) is 1. The van der Waals surface area contributed by atoms with Crippen molar-refractivity contribution in [2.45, 2.75) is 26.4 Å². The van der Waals surface area contributed by atoms with Crippen LogP contribution in [0.25, 0.3) is 5.65 Å². The number of aromatic nitrogens is 3. The molecule has 0 amide bonds. The Kier molecular flexibility index (Phi) is 4.04. The van der Waals surface area contributed by atoms with Crippen LogP contribution in [0.1, 0.15) is 19.8 Å². The molecule has 0 N–H and O–H groups in total. The lowest BCUT2D eigenvalue weighted by Crippen LogP contribution is -2.36. The van der Waals surface area contributed by atoms with E-state index in [9.17, 15) is 0 Å². The maximum absolute atomic E-state index is 6.17. The first-order valence-corrected chi connectivity index (χ1v) is 7.87. The highest BCUT2D eigenvalue weighted by molar-refractivity contribution is 7.71. The Hall–Kier alpha value is -0.620. The normalized spacial score (nSPS) is 20.6. The lowest BCUT2D eigenvalue weighted by molar-refractivity contribution is 0.138. The Balaban J connectivity index is 1.94. The maximum atomic E-state index is 6.17. The fraction of sp³-hybridized carbons (Fsp3) is 0.538. The van der Waals surface area contributed by atoms with E-state index < -0.39 is 0 Å². The lowest BCUT2D eigenvalue weighted by atomic mass is 10.0. The molecule has 0 bridgehead atoms. The molecule has 20 heavy (non-hydrogen) atoms. The van der Waals surface area contributed by atoms with Gasteiger partial charge in [0.1, 0.15) is 0 Å². The minimum atomic E-state index is 0.523. The van der Waals surface area contributed by atoms with Crippen molar-refractivity contribution in [2.75, 3.05) is 13.1 Å². The van der Waals surface area contributed by atoms with Crippen molar-refractivity contribution < 1.29 is 0 Å². The van der Waals surface area contributed by atoms with Crippen LogP contribution in [-0.4, -0.2) is 32.2 Å². The van der Waals surface area contributed by atoms with Crippen molar-refractivity contribution in [3.05, 3.63) is 27.1 Å². The lowest BCUT2D eigenvalue weighted by Gasteiger charge is -2.30. The van der Waals surface area contributed by atoms with Gasteiger partial charge in [-0.05, 0) is 43.6 Å². The number of pyridine rings is 1. The molecule has 0 unspecified atom stereocenters. The molecule has 0 aromatic carbocycles. The number of halogens is 2. The summed E-state index contributed by atoms with van der Waals surface area (Å²) in [6.45, 7) is 5.17. The van der Waals surface area contributed by atoms with E-state index in [1.54, 1.807) is 16.7 Å². The smallest absolute Gasteiger partial charge is 0.203 e. The van der Waals surface area contributed by atoms with Crippen LogP contribution in [0.3, 0.4) is 0 Å². The number of hydrogen-bond donors (Lipinski definition) is 0. The quantitative estimate of drug-likeness (QED) is 0.782. The Bertz CT molecular complexity index is 693. The third kappa shape index (κ3) is 2.72. The first-order chi connectivity index (χ1) is 9.54. The molecule has 3 rings (SSSR count). The summed E-state index contributed by atoms with van der Waals surface area (Å²) in [4.78, 5) is 2.38. The summed E-state index contributed by atoms with van der Waals surface area (Å²) in [6.07, 6.45) is 4.29. The van der Waals surface area contributed by atoms with Crippen LogP contribution in [0.4, 0.5) is 0 Å². The van der Waals surface area contributed by atoms with E-state index in [0.29, 0.717) is 27.1 Å². The second kappa shape index (κ2) is 5.64. The fourth-order valence-corrected chi connectivity index (χ4v) is 3.49. The van der Waals surface area contributed by atoms with Crippen LogP contribution < -0.4 is 0 Å². The van der Waals surface area contributed by atoms with Crippen molar-refractivity contribution in [2.24, 2.45) is 5.92 Å². The Morgan fingerprint density at radius 1 is 1.45 bits per heavy atom. The molecule has 1 saturated heterocycles. The number of rotatable bonds is 2. The number of nitrogens with zero attached hydrogens (tertiary/aromatic N) is 4. The topological polar surface area (TPSA) is 25.5 Å². The highest BCUT2D eigenvalue weighted by Gasteiger charge is 2.18. The van der Waals surface area contributed by atoms with E-state index in [0.717, 1.165) is 19.0 Å². The zero-order valence-corrected chi connectivity index (χ0v) is 13.5. The van der Waals surface area contributed by atoms with Crippen molar-refractivity contribution in [1.29, 1.82) is 0 Å². The number of fused-ring (bicyclic) bond motifs is 1. The molecule has 1 atom stereocenters. The van der Waals surface area contributed by atoms with Gasteiger partial charge in [0.2, 0.25) is 4.77 Å². The largest absolute Gasteiger partial charge is 0.284 e. The summed E-state index contributed by atoms with van der Waals surface area (Å²) < 4.78 is 4.22. The standard InChI is InChI=1S/C13H16Cl2N4S/c1-9-3-2-4-17(6-9)8-19-13(20)18-7-10(14)5-11(15)12(18)16-19/h5,7,9H,2-4,6,8H2,1H3/t9-/m0/s1. The molecule has 0 saturated carbocycles. The van der Waals surface area contributed by atoms with E-state index in [2.05, 4.69) is 16.9 Å². The van der Waals surface area contributed by atoms with Gasteiger partial charge in [0.05, 0.1) is 16.7 Å². The van der Waals surface area contributed by atoms with Gasteiger partial charge in [0.15, 0.2) is 5.65 Å². The van der Waals surface area contributed by atoms with Gasteiger partial charge in [-0.1, -0.05) is 30.1 Å². The Morgan fingerprint density at radius 2 is 2.25 bits per heavy atom. The zero-order valence-electron chi connectivity index (χ0n) is 11.2. The molecule has 0 radical (unpaired) electrons. The molecule has 108 valence electrons. The van der Waals surface area contributed by atoms with Gasteiger partial charge in [0, 0.05) is 12.7 Å². The van der Waals surface area contributed by atoms with Gasteiger partial charge in [0.25, 0.3) is 0 Å². The molecular weight excluding hydrogens is 315 g/mol. The summed E-state index contributed by atoms with van der Waals surface area (Å²) in [7, 11) is 0. The van der Waals surface area contributed by atoms with Crippen LogP contribution in [0.15, 0.2) is 12.3 Å². The molecule has 1 fully saturated rings. The second-order valence-electron chi connectivity index (χ2n) is 5.45. The number of hydrogen-bond acceptors (Lipinski definition) is 3. The van der Waals surface area contributed by atoms with Gasteiger partial charge in [-0.25, -0.2) is 4.68 Å². The van der Waals surface area contributed by atoms with Crippen LogP contribution in [0.5, 0.6) is 0 Å². The highest BCUT2D eigenvalue weighted by Crippen LogP contribution is 2.22. The maximum Gasteiger partial charge on any atom is 0.203 e. The van der Waals surface area contributed by atoms with Gasteiger partial charge in [-0.2, -0.15) is 0 Å². The van der Waals surface area contributed by atoms with Crippen LogP contribution >= 0.6 is 35.4 Å². The van der Waals surface area contributed by atoms with Crippen LogP contribution in [-0.2, 0) is 6.67 Å². The first-order valence-electron chi connectivity index (χ1n) is 6.71. The third-order valence-electron chi connectivity index (χ3n) is 3.68. The van der Waals surface area contributed by atoms with E-state index in [-0.39, 0.29) is 0 Å². The summed E-state index contributed by atoms with van der Waals surface area (Å²) in [5.74, 6) is 0.730. The molecule has 3 heterocycles. The highest BCUT2D eigenvalue weighted by atomic mass is 35.5. The molecule has 2 aromatic heterocycles. The molecule has 1 aliphatic heterocycles. The molecule has 7 heteroatoms. The SMILES string of the molecule is C[C@H]1CCCN(Cn2nc3c(Cl)cc(Cl)cn3c2=S)C1. The van der Waals surface area contributed by atoms with E-state index in [4.69, 9.17) is 35.4 Å². The summed E-state index contributed by atoms with van der Waals surface area (Å²) in [5, 5.41) is 5.60. The van der Waals surface area contributed by atoms with Crippen molar-refractivity contribution in [1.82, 2.24) is 19.1 Å². The summed E-state index contributed by atoms with van der Waals surface area (Å²) in [5.41, 5.74) is 0.658. The van der Waals surface area contributed by atoms with E-state index in [1.807, 2.05) is 4.68 Å². The predicted octanol–water partition coefficient (Wildman–Crippen LogP) is 3.86. The monoisotopic (exact) mass is 330 g/mol. The minimum Gasteiger partial charge on any atom is -0.284 e. The molecule has 0 spiro atoms. The zero-order chi connectivity index (χ0) is 14.3. The Labute approximate surface area is 132 Å². The van der Waals surface area contributed by atoms with Crippen LogP contribution in [0, 0.1) is 10.7 Å². The number of piperidine rings is 1. The molecule has 0 aliphatic carbocycles. The molecular formula is C13H16Cl2N4S. The van der Waals surface area contributed by atoms with E-state index in [1.165, 1.54) is 12.8 Å². The first kappa shape index (κ1) is 14.3. The summed E-state index contributed by atoms with van der Waals surface area (Å²) in [6, 6.07) is 1.69. The molecule has 1 aliphatic rings. The summed E-state index contributed by atoms with van der Waals surface area (Å²) >= 11 is 17.7. The van der Waals surface area contributed by atoms with Gasteiger partial charge < -0.3 is 0 Å². The minimum absolute atomic E-state index is 0.523. The molecule has 4 nitrogen and oxygen atoms in total. The second-order valence-corrected chi connectivity index (χ2v) is 6.66. The molecule has 2 aromatic rings. The van der Waals surface area contributed by atoms with Gasteiger partial charge >= 0.3 is 0 Å². The average molecular weight is 331 g/mol. The predicted molar refractivity (Wildman–Crippen MR) is 84.0 cm³/mol. The van der Waals surface area contributed by atoms with Crippen molar-refractivity contribution in [3.63, 3.8) is 0 Å². The van der Waals surface area contributed by atoms with E-state index >= 15 is 0 Å².